The first-order chi connectivity index (χ1) is 13.0. The lowest BCUT2D eigenvalue weighted by atomic mass is 9.96. The zero-order valence-electron chi connectivity index (χ0n) is 14.9. The number of hydrogen-bond donors (Lipinski definition) is 1. The summed E-state index contributed by atoms with van der Waals surface area (Å²) < 4.78 is 5.27. The summed E-state index contributed by atoms with van der Waals surface area (Å²) in [7, 11) is 1.53. The number of halogens is 2. The van der Waals surface area contributed by atoms with Gasteiger partial charge in [-0.15, -0.1) is 0 Å². The van der Waals surface area contributed by atoms with Crippen molar-refractivity contribution >= 4 is 40.7 Å². The van der Waals surface area contributed by atoms with Gasteiger partial charge in [-0.25, -0.2) is 0 Å². The molecule has 1 fully saturated rings. The van der Waals surface area contributed by atoms with E-state index in [1.807, 2.05) is 0 Å². The van der Waals surface area contributed by atoms with E-state index < -0.39 is 0 Å². The predicted octanol–water partition coefficient (Wildman–Crippen LogP) is 4.49. The van der Waals surface area contributed by atoms with Crippen molar-refractivity contribution in [2.24, 2.45) is 5.92 Å². The molecule has 1 aliphatic heterocycles. The van der Waals surface area contributed by atoms with Crippen molar-refractivity contribution in [1.29, 1.82) is 0 Å². The van der Waals surface area contributed by atoms with Crippen molar-refractivity contribution in [2.75, 3.05) is 25.5 Å². The van der Waals surface area contributed by atoms with E-state index >= 15 is 0 Å². The fraction of sp³-hybridized carbons (Fsp3) is 0.300. The molecule has 0 saturated carbocycles. The molecule has 5 nitrogen and oxygen atoms in total. The Morgan fingerprint density at radius 3 is 2.52 bits per heavy atom. The molecule has 3 rings (SSSR count). The van der Waals surface area contributed by atoms with Crippen LogP contribution in [-0.2, 0) is 4.79 Å². The number of piperidine rings is 1. The maximum Gasteiger partial charge on any atom is 0.253 e. The van der Waals surface area contributed by atoms with Gasteiger partial charge in [0.2, 0.25) is 5.91 Å². The molecule has 0 aromatic heterocycles. The Balaban J connectivity index is 1.68. The van der Waals surface area contributed by atoms with E-state index in [2.05, 4.69) is 5.32 Å². The van der Waals surface area contributed by atoms with Crippen LogP contribution in [0.5, 0.6) is 5.75 Å². The van der Waals surface area contributed by atoms with Crippen LogP contribution < -0.4 is 10.1 Å². The molecule has 1 aliphatic rings. The number of hydrogen-bond acceptors (Lipinski definition) is 3. The number of nitrogens with one attached hydrogen (secondary N) is 1. The molecule has 0 spiro atoms. The normalized spacial score (nSPS) is 16.7. The summed E-state index contributed by atoms with van der Waals surface area (Å²) in [5, 5.41) is 3.96. The van der Waals surface area contributed by atoms with Gasteiger partial charge in [-0.2, -0.15) is 0 Å². The van der Waals surface area contributed by atoms with Gasteiger partial charge in [0.15, 0.2) is 0 Å². The van der Waals surface area contributed by atoms with E-state index in [0.717, 1.165) is 12.8 Å². The summed E-state index contributed by atoms with van der Waals surface area (Å²) >= 11 is 11.9. The van der Waals surface area contributed by atoms with Crippen molar-refractivity contribution in [2.45, 2.75) is 12.8 Å². The zero-order valence-corrected chi connectivity index (χ0v) is 16.4. The third-order valence-electron chi connectivity index (χ3n) is 4.59. The summed E-state index contributed by atoms with van der Waals surface area (Å²) in [4.78, 5) is 27.1. The number of anilines is 1. The molecule has 2 aromatic carbocycles. The van der Waals surface area contributed by atoms with Crippen LogP contribution in [0.2, 0.25) is 10.0 Å². The first-order valence-corrected chi connectivity index (χ1v) is 9.43. The van der Waals surface area contributed by atoms with Gasteiger partial charge in [-0.1, -0.05) is 23.2 Å². The smallest absolute Gasteiger partial charge is 0.253 e. The Bertz CT molecular complexity index is 840. The van der Waals surface area contributed by atoms with Gasteiger partial charge in [-0.05, 0) is 55.3 Å². The molecule has 2 aromatic rings. The highest BCUT2D eigenvalue weighted by molar-refractivity contribution is 6.31. The number of ether oxygens (including phenoxy) is 1. The minimum atomic E-state index is -0.293. The number of carbonyl (C=O) groups excluding carboxylic acids is 2. The molecule has 142 valence electrons. The summed E-state index contributed by atoms with van der Waals surface area (Å²) in [5.74, 6) is 0.00465. The molecule has 2 amide bonds. The Kier molecular flexibility index (Phi) is 6.24. The monoisotopic (exact) mass is 406 g/mol. The van der Waals surface area contributed by atoms with Crippen LogP contribution in [0.15, 0.2) is 42.5 Å². The molecule has 7 heteroatoms. The highest BCUT2D eigenvalue weighted by Crippen LogP contribution is 2.29. The van der Waals surface area contributed by atoms with Crippen LogP contribution in [0.3, 0.4) is 0 Å². The summed E-state index contributed by atoms with van der Waals surface area (Å²) in [6.45, 7) is 1.00. The number of rotatable bonds is 4. The third-order valence-corrected chi connectivity index (χ3v) is 5.08. The number of likely N-dealkylation sites (tertiary alicyclic amines) is 1. The fourth-order valence-corrected chi connectivity index (χ4v) is 3.46. The van der Waals surface area contributed by atoms with Crippen molar-refractivity contribution < 1.29 is 14.3 Å². The third kappa shape index (κ3) is 4.73. The van der Waals surface area contributed by atoms with Gasteiger partial charge >= 0.3 is 0 Å². The largest absolute Gasteiger partial charge is 0.495 e. The van der Waals surface area contributed by atoms with Crippen LogP contribution in [0.1, 0.15) is 23.2 Å². The zero-order chi connectivity index (χ0) is 19.4. The molecular formula is C20H20Cl2N2O3. The Morgan fingerprint density at radius 2 is 1.81 bits per heavy atom. The van der Waals surface area contributed by atoms with E-state index in [4.69, 9.17) is 27.9 Å². The second kappa shape index (κ2) is 8.63. The van der Waals surface area contributed by atoms with E-state index in [1.165, 1.54) is 7.11 Å². The Hall–Kier alpha value is -2.24. The van der Waals surface area contributed by atoms with E-state index in [-0.39, 0.29) is 17.7 Å². The van der Waals surface area contributed by atoms with Gasteiger partial charge in [0, 0.05) is 28.7 Å². The maximum atomic E-state index is 12.7. The lowest BCUT2D eigenvalue weighted by Crippen LogP contribution is -2.43. The standard InChI is InChI=1S/C20H20Cl2N2O3/c1-27-18-9-8-16(22)11-17(18)23-19(25)14-3-2-10-24(12-14)20(26)13-4-6-15(21)7-5-13/h4-9,11,14H,2-3,10,12H2,1H3,(H,23,25). The van der Waals surface area contributed by atoms with Crippen LogP contribution >= 0.6 is 23.2 Å². The fourth-order valence-electron chi connectivity index (χ4n) is 3.16. The Morgan fingerprint density at radius 1 is 1.11 bits per heavy atom. The van der Waals surface area contributed by atoms with Crippen molar-refractivity contribution in [1.82, 2.24) is 4.90 Å². The van der Waals surface area contributed by atoms with Crippen molar-refractivity contribution in [3.8, 4) is 5.75 Å². The molecule has 1 unspecified atom stereocenters. The van der Waals surface area contributed by atoms with Crippen molar-refractivity contribution in [3.05, 3.63) is 58.1 Å². The Labute approximate surface area is 168 Å². The van der Waals surface area contributed by atoms with Gasteiger partial charge in [-0.3, -0.25) is 9.59 Å². The number of nitrogens with zero attached hydrogens (tertiary/aromatic N) is 1. The summed E-state index contributed by atoms with van der Waals surface area (Å²) in [6.07, 6.45) is 1.49. The van der Waals surface area contributed by atoms with Crippen LogP contribution in [0.25, 0.3) is 0 Å². The van der Waals surface area contributed by atoms with E-state index in [9.17, 15) is 9.59 Å². The number of methoxy groups -OCH3 is 1. The van der Waals surface area contributed by atoms with E-state index in [1.54, 1.807) is 47.4 Å². The van der Waals surface area contributed by atoms with Gasteiger partial charge < -0.3 is 15.0 Å². The summed E-state index contributed by atoms with van der Waals surface area (Å²) in [5.41, 5.74) is 1.09. The van der Waals surface area contributed by atoms with Gasteiger partial charge in [0.25, 0.3) is 5.91 Å². The van der Waals surface area contributed by atoms with Gasteiger partial charge in [0.1, 0.15) is 5.75 Å². The molecule has 1 saturated heterocycles. The minimum absolute atomic E-state index is 0.0931. The second-order valence-electron chi connectivity index (χ2n) is 6.43. The van der Waals surface area contributed by atoms with Crippen LogP contribution in [0.4, 0.5) is 5.69 Å². The van der Waals surface area contributed by atoms with E-state index in [0.29, 0.717) is 40.1 Å². The SMILES string of the molecule is COc1ccc(Cl)cc1NC(=O)C1CCCN(C(=O)c2ccc(Cl)cc2)C1. The molecule has 0 radical (unpaired) electrons. The number of amides is 2. The summed E-state index contributed by atoms with van der Waals surface area (Å²) in [6, 6.07) is 11.8. The minimum Gasteiger partial charge on any atom is -0.495 e. The average molecular weight is 407 g/mol. The number of benzene rings is 2. The van der Waals surface area contributed by atoms with Crippen LogP contribution in [-0.4, -0.2) is 36.9 Å². The van der Waals surface area contributed by atoms with Crippen LogP contribution in [0, 0.1) is 5.92 Å². The predicted molar refractivity (Wildman–Crippen MR) is 107 cm³/mol. The number of carbonyl (C=O) groups is 2. The molecule has 27 heavy (non-hydrogen) atoms. The molecule has 0 bridgehead atoms. The highest BCUT2D eigenvalue weighted by Gasteiger charge is 2.29. The molecule has 1 heterocycles. The highest BCUT2D eigenvalue weighted by atomic mass is 35.5. The van der Waals surface area contributed by atoms with Gasteiger partial charge in [0.05, 0.1) is 18.7 Å². The molecular weight excluding hydrogens is 387 g/mol. The first-order valence-electron chi connectivity index (χ1n) is 8.67. The molecule has 1 N–H and O–H groups in total. The maximum absolute atomic E-state index is 12.7. The molecule has 0 aliphatic carbocycles. The lowest BCUT2D eigenvalue weighted by molar-refractivity contribution is -0.121. The first kappa shape index (κ1) is 19.5. The quantitative estimate of drug-likeness (QED) is 0.813. The van der Waals surface area contributed by atoms with Crippen molar-refractivity contribution in [3.63, 3.8) is 0 Å². The second-order valence-corrected chi connectivity index (χ2v) is 7.30. The average Bonchev–Trinajstić information content (AvgIpc) is 2.68. The molecule has 1 atom stereocenters. The topological polar surface area (TPSA) is 58.6 Å². The lowest BCUT2D eigenvalue weighted by Gasteiger charge is -2.32.